The highest BCUT2D eigenvalue weighted by Gasteiger charge is 2.38. The number of fused-ring (bicyclic) bond motifs is 1. The molecule has 0 spiro atoms. The molecule has 0 aliphatic carbocycles. The van der Waals surface area contributed by atoms with Crippen LogP contribution in [0.5, 0.6) is 5.75 Å². The van der Waals surface area contributed by atoms with Crippen LogP contribution in [0.3, 0.4) is 0 Å². The van der Waals surface area contributed by atoms with Gasteiger partial charge < -0.3 is 14.4 Å². The Bertz CT molecular complexity index is 1220. The molecule has 0 radical (unpaired) electrons. The number of piperidine rings is 1. The van der Waals surface area contributed by atoms with Crippen molar-refractivity contribution in [1.29, 1.82) is 5.26 Å². The lowest BCUT2D eigenvalue weighted by Crippen LogP contribution is -2.47. The lowest BCUT2D eigenvalue weighted by molar-refractivity contribution is -0.142. The number of aromatic nitrogens is 1. The number of nitrogens with zero attached hydrogens (tertiary/aromatic N) is 3. The van der Waals surface area contributed by atoms with E-state index in [9.17, 15) is 10.1 Å². The molecule has 0 unspecified atom stereocenters. The Hall–Kier alpha value is -3.43. The smallest absolute Gasteiger partial charge is 0.251 e. The highest BCUT2D eigenvalue weighted by Crippen LogP contribution is 2.37. The zero-order valence-electron chi connectivity index (χ0n) is 19.5. The Balaban J connectivity index is 1.30. The molecule has 2 saturated heterocycles. The lowest BCUT2D eigenvalue weighted by Gasteiger charge is -2.38. The largest absolute Gasteiger partial charge is 0.496 e. The fourth-order valence-corrected chi connectivity index (χ4v) is 5.15. The third kappa shape index (κ3) is 4.36. The molecule has 1 aromatic heterocycles. The summed E-state index contributed by atoms with van der Waals surface area (Å²) in [5.41, 5.74) is 3.66. The van der Waals surface area contributed by atoms with Gasteiger partial charge in [-0.05, 0) is 61.4 Å². The molecule has 2 fully saturated rings. The first kappa shape index (κ1) is 22.4. The van der Waals surface area contributed by atoms with Gasteiger partial charge in [0, 0.05) is 36.8 Å². The van der Waals surface area contributed by atoms with Crippen molar-refractivity contribution in [3.63, 3.8) is 0 Å². The summed E-state index contributed by atoms with van der Waals surface area (Å²) in [5.74, 6) is 0.900. The molecule has 174 valence electrons. The number of rotatable bonds is 5. The summed E-state index contributed by atoms with van der Waals surface area (Å²) in [6.45, 7) is 1.90. The molecule has 3 heterocycles. The summed E-state index contributed by atoms with van der Waals surface area (Å²) in [7, 11) is 1.68. The number of hydrogen-bond acceptors (Lipinski definition) is 5. The second-order valence-electron chi connectivity index (χ2n) is 9.34. The molecule has 0 bridgehead atoms. The van der Waals surface area contributed by atoms with Crippen LogP contribution in [-0.2, 0) is 16.0 Å². The monoisotopic (exact) mass is 455 g/mol. The Labute approximate surface area is 200 Å². The topological polar surface area (TPSA) is 75.5 Å². The van der Waals surface area contributed by atoms with E-state index >= 15 is 0 Å². The van der Waals surface area contributed by atoms with Crippen molar-refractivity contribution in [3.8, 4) is 22.9 Å². The molecule has 34 heavy (non-hydrogen) atoms. The Morgan fingerprint density at radius 2 is 2.03 bits per heavy atom. The highest BCUT2D eigenvalue weighted by atomic mass is 16.5. The average molecular weight is 456 g/mol. The van der Waals surface area contributed by atoms with E-state index in [0.717, 1.165) is 46.2 Å². The van der Waals surface area contributed by atoms with E-state index in [0.29, 0.717) is 39.0 Å². The van der Waals surface area contributed by atoms with Gasteiger partial charge >= 0.3 is 0 Å². The number of ether oxygens (including phenoxy) is 2. The Kier molecular flexibility index (Phi) is 6.21. The lowest BCUT2D eigenvalue weighted by atomic mass is 9.75. The molecule has 2 aliphatic rings. The van der Waals surface area contributed by atoms with Crippen LogP contribution in [0.1, 0.15) is 31.2 Å². The number of carbonyl (C=O) groups excluding carboxylic acids is 1. The van der Waals surface area contributed by atoms with E-state index in [1.165, 1.54) is 0 Å². The molecule has 6 nitrogen and oxygen atoms in total. The number of methoxy groups -OCH3 is 1. The van der Waals surface area contributed by atoms with Crippen molar-refractivity contribution >= 4 is 16.8 Å². The van der Waals surface area contributed by atoms with Crippen LogP contribution in [-0.4, -0.2) is 48.7 Å². The second-order valence-corrected chi connectivity index (χ2v) is 9.34. The van der Waals surface area contributed by atoms with Gasteiger partial charge in [0.05, 0.1) is 24.1 Å². The molecular weight excluding hydrogens is 426 g/mol. The van der Waals surface area contributed by atoms with Crippen LogP contribution in [0.2, 0.25) is 0 Å². The number of benzene rings is 2. The molecule has 0 saturated carbocycles. The molecule has 3 aromatic rings. The average Bonchev–Trinajstić information content (AvgIpc) is 3.43. The predicted molar refractivity (Wildman–Crippen MR) is 130 cm³/mol. The number of amides is 1. The molecule has 5 rings (SSSR count). The normalized spacial score (nSPS) is 19.6. The van der Waals surface area contributed by atoms with Crippen molar-refractivity contribution in [2.24, 2.45) is 5.41 Å². The van der Waals surface area contributed by atoms with Crippen molar-refractivity contribution in [3.05, 3.63) is 60.3 Å². The van der Waals surface area contributed by atoms with Crippen LogP contribution in [0.4, 0.5) is 0 Å². The van der Waals surface area contributed by atoms with Gasteiger partial charge in [0.25, 0.3) is 5.91 Å². The highest BCUT2D eigenvalue weighted by molar-refractivity contribution is 5.88. The molecule has 6 heteroatoms. The summed E-state index contributed by atoms with van der Waals surface area (Å²) in [5, 5.41) is 11.1. The zero-order chi connectivity index (χ0) is 23.5. The molecule has 2 aliphatic heterocycles. The van der Waals surface area contributed by atoms with E-state index < -0.39 is 5.41 Å². The van der Waals surface area contributed by atoms with E-state index in [1.54, 1.807) is 13.3 Å². The number of likely N-dealkylation sites (tertiary alicyclic amines) is 1. The van der Waals surface area contributed by atoms with Gasteiger partial charge in [0.2, 0.25) is 0 Å². The SMILES string of the molecule is COc1cc2cccnc2cc1-c1ccc(CC2(C#N)CCN(C(=O)[C@H]3CCCO3)CC2)cc1. The van der Waals surface area contributed by atoms with E-state index in [2.05, 4.69) is 41.4 Å². The van der Waals surface area contributed by atoms with Gasteiger partial charge in [-0.15, -0.1) is 0 Å². The maximum atomic E-state index is 12.7. The summed E-state index contributed by atoms with van der Waals surface area (Å²) in [6.07, 6.45) is 5.32. The van der Waals surface area contributed by atoms with Crippen LogP contribution in [0.15, 0.2) is 54.7 Å². The maximum Gasteiger partial charge on any atom is 0.251 e. The Morgan fingerprint density at radius 3 is 2.71 bits per heavy atom. The minimum atomic E-state index is -0.445. The van der Waals surface area contributed by atoms with Gasteiger partial charge in [0.1, 0.15) is 11.9 Å². The zero-order valence-corrected chi connectivity index (χ0v) is 19.5. The summed E-state index contributed by atoms with van der Waals surface area (Å²) in [4.78, 5) is 19.0. The number of carbonyl (C=O) groups is 1. The van der Waals surface area contributed by atoms with E-state index in [1.807, 2.05) is 23.1 Å². The quantitative estimate of drug-likeness (QED) is 0.554. The summed E-state index contributed by atoms with van der Waals surface area (Å²) < 4.78 is 11.2. The van der Waals surface area contributed by atoms with Gasteiger partial charge in [-0.25, -0.2) is 0 Å². The third-order valence-corrected chi connectivity index (χ3v) is 7.21. The van der Waals surface area contributed by atoms with Gasteiger partial charge in [-0.1, -0.05) is 30.3 Å². The predicted octanol–water partition coefficient (Wildman–Crippen LogP) is 4.76. The van der Waals surface area contributed by atoms with Crippen molar-refractivity contribution in [2.45, 2.75) is 38.2 Å². The molecular formula is C28H29N3O3. The number of hydrogen-bond donors (Lipinski definition) is 0. The molecule has 2 aromatic carbocycles. The molecule has 0 N–H and O–H groups in total. The fraction of sp³-hybridized carbons (Fsp3) is 0.393. The maximum absolute atomic E-state index is 12.7. The number of pyridine rings is 1. The third-order valence-electron chi connectivity index (χ3n) is 7.21. The minimum Gasteiger partial charge on any atom is -0.496 e. The fourth-order valence-electron chi connectivity index (χ4n) is 5.15. The minimum absolute atomic E-state index is 0.0900. The Morgan fingerprint density at radius 1 is 1.24 bits per heavy atom. The van der Waals surface area contributed by atoms with Gasteiger partial charge in [-0.3, -0.25) is 9.78 Å². The molecule has 1 atom stereocenters. The van der Waals surface area contributed by atoms with Crippen molar-refractivity contribution < 1.29 is 14.3 Å². The number of nitriles is 1. The van der Waals surface area contributed by atoms with Crippen LogP contribution in [0, 0.1) is 16.7 Å². The van der Waals surface area contributed by atoms with Gasteiger partial charge in [-0.2, -0.15) is 5.26 Å². The van der Waals surface area contributed by atoms with Crippen LogP contribution < -0.4 is 4.74 Å². The van der Waals surface area contributed by atoms with Crippen LogP contribution in [0.25, 0.3) is 22.0 Å². The van der Waals surface area contributed by atoms with Crippen molar-refractivity contribution in [1.82, 2.24) is 9.88 Å². The second kappa shape index (κ2) is 9.44. The first-order chi connectivity index (χ1) is 16.6. The summed E-state index contributed by atoms with van der Waals surface area (Å²) in [6, 6.07) is 19.0. The van der Waals surface area contributed by atoms with E-state index in [4.69, 9.17) is 9.47 Å². The first-order valence-electron chi connectivity index (χ1n) is 11.9. The van der Waals surface area contributed by atoms with Crippen LogP contribution >= 0.6 is 0 Å². The standard InChI is InChI=1S/C28H29N3O3/c1-33-26-16-22-4-2-12-30-24(22)17-23(26)21-8-6-20(7-9-21)18-28(19-29)10-13-31(14-11-28)27(32)25-5-3-15-34-25/h2,4,6-9,12,16-17,25H,3,5,10-11,13-15,18H2,1H3/t25-/m1/s1. The summed E-state index contributed by atoms with van der Waals surface area (Å²) >= 11 is 0. The van der Waals surface area contributed by atoms with Gasteiger partial charge in [0.15, 0.2) is 0 Å². The molecule has 1 amide bonds. The van der Waals surface area contributed by atoms with Crippen molar-refractivity contribution in [2.75, 3.05) is 26.8 Å². The first-order valence-corrected chi connectivity index (χ1v) is 11.9. The van der Waals surface area contributed by atoms with E-state index in [-0.39, 0.29) is 12.0 Å².